The maximum Gasteiger partial charge on any atom is 0.410 e. The van der Waals surface area contributed by atoms with Crippen LogP contribution in [0.3, 0.4) is 0 Å². The minimum absolute atomic E-state index is 0.198. The molecule has 1 saturated heterocycles. The predicted molar refractivity (Wildman–Crippen MR) is 117 cm³/mol. The largest absolute Gasteiger partial charge is 0.444 e. The number of likely N-dealkylation sites (tertiary alicyclic amines) is 1. The van der Waals surface area contributed by atoms with Gasteiger partial charge in [0.2, 0.25) is 0 Å². The van der Waals surface area contributed by atoms with Crippen LogP contribution in [0.15, 0.2) is 22.5 Å². The second-order valence-electron chi connectivity index (χ2n) is 8.36. The number of guanidine groups is 1. The summed E-state index contributed by atoms with van der Waals surface area (Å²) >= 11 is 1.80. The second-order valence-corrected chi connectivity index (χ2v) is 9.39. The number of carbonyl (C=O) groups is 1. The Kier molecular flexibility index (Phi) is 8.60. The molecule has 2 rings (SSSR count). The first-order valence-electron chi connectivity index (χ1n) is 10.3. The molecule has 1 amide bonds. The molecule has 1 N–H and O–H groups in total. The van der Waals surface area contributed by atoms with Crippen LogP contribution in [0.1, 0.15) is 45.4 Å². The number of hydrogen-bond donors (Lipinski definition) is 1. The number of carbonyl (C=O) groups excluding carboxylic acids is 1. The SMILES string of the molecule is CCNC(=NCC1CCN(C(=O)OC(C)(C)C)CC1)N(C)CCc1cccs1. The third-order valence-corrected chi connectivity index (χ3v) is 5.67. The zero-order valence-electron chi connectivity index (χ0n) is 18.0. The van der Waals surface area contributed by atoms with Crippen LogP contribution in [0.25, 0.3) is 0 Å². The van der Waals surface area contributed by atoms with Crippen molar-refractivity contribution in [1.29, 1.82) is 0 Å². The summed E-state index contributed by atoms with van der Waals surface area (Å²) in [6.07, 6.45) is 2.78. The molecule has 0 saturated carbocycles. The quantitative estimate of drug-likeness (QED) is 0.574. The molecule has 0 aliphatic carbocycles. The molecular weight excluding hydrogens is 372 g/mol. The van der Waals surface area contributed by atoms with Crippen LogP contribution in [0.2, 0.25) is 0 Å². The van der Waals surface area contributed by atoms with E-state index in [4.69, 9.17) is 9.73 Å². The Morgan fingerprint density at radius 3 is 2.68 bits per heavy atom. The highest BCUT2D eigenvalue weighted by molar-refractivity contribution is 7.09. The highest BCUT2D eigenvalue weighted by Gasteiger charge is 2.26. The smallest absolute Gasteiger partial charge is 0.410 e. The molecule has 28 heavy (non-hydrogen) atoms. The van der Waals surface area contributed by atoms with Crippen LogP contribution >= 0.6 is 11.3 Å². The number of rotatable bonds is 6. The standard InChI is InChI=1S/C21H36N4O2S/c1-6-22-19(24(5)12-11-18-8-7-15-28-18)23-16-17-9-13-25(14-10-17)20(26)27-21(2,3)4/h7-8,15,17H,6,9-14,16H2,1-5H3,(H,22,23). The summed E-state index contributed by atoms with van der Waals surface area (Å²) in [5.74, 6) is 1.48. The van der Waals surface area contributed by atoms with Gasteiger partial charge in [-0.25, -0.2) is 4.79 Å². The van der Waals surface area contributed by atoms with Gasteiger partial charge in [-0.2, -0.15) is 0 Å². The number of amides is 1. The van der Waals surface area contributed by atoms with Crippen molar-refractivity contribution in [2.24, 2.45) is 10.9 Å². The fourth-order valence-corrected chi connectivity index (χ4v) is 3.85. The van der Waals surface area contributed by atoms with E-state index in [1.807, 2.05) is 25.7 Å². The maximum atomic E-state index is 12.2. The normalized spacial score (nSPS) is 16.2. The fourth-order valence-electron chi connectivity index (χ4n) is 3.15. The van der Waals surface area contributed by atoms with Crippen molar-refractivity contribution in [1.82, 2.24) is 15.1 Å². The lowest BCUT2D eigenvalue weighted by atomic mass is 9.97. The fraction of sp³-hybridized carbons (Fsp3) is 0.714. The minimum Gasteiger partial charge on any atom is -0.444 e. The highest BCUT2D eigenvalue weighted by atomic mass is 32.1. The van der Waals surface area contributed by atoms with Gasteiger partial charge in [0.15, 0.2) is 5.96 Å². The predicted octanol–water partition coefficient (Wildman–Crippen LogP) is 3.84. The Labute approximate surface area is 174 Å². The van der Waals surface area contributed by atoms with E-state index in [9.17, 15) is 4.79 Å². The van der Waals surface area contributed by atoms with E-state index in [2.05, 4.69) is 41.7 Å². The van der Waals surface area contributed by atoms with E-state index in [0.717, 1.165) is 57.9 Å². The summed E-state index contributed by atoms with van der Waals surface area (Å²) in [5, 5.41) is 5.52. The van der Waals surface area contributed by atoms with E-state index in [-0.39, 0.29) is 6.09 Å². The number of thiophene rings is 1. The summed E-state index contributed by atoms with van der Waals surface area (Å²) < 4.78 is 5.48. The summed E-state index contributed by atoms with van der Waals surface area (Å²) in [6, 6.07) is 4.28. The van der Waals surface area contributed by atoms with Gasteiger partial charge >= 0.3 is 6.09 Å². The van der Waals surface area contributed by atoms with Crippen molar-refractivity contribution in [3.05, 3.63) is 22.4 Å². The third-order valence-electron chi connectivity index (χ3n) is 4.74. The molecule has 1 aromatic rings. The van der Waals surface area contributed by atoms with Crippen molar-refractivity contribution in [2.45, 2.75) is 52.6 Å². The maximum absolute atomic E-state index is 12.2. The number of ether oxygens (including phenoxy) is 1. The van der Waals surface area contributed by atoms with Gasteiger partial charge in [0.05, 0.1) is 0 Å². The lowest BCUT2D eigenvalue weighted by molar-refractivity contribution is 0.0187. The van der Waals surface area contributed by atoms with E-state index in [1.54, 1.807) is 11.3 Å². The van der Waals surface area contributed by atoms with Gasteiger partial charge in [0, 0.05) is 44.6 Å². The Morgan fingerprint density at radius 2 is 2.11 bits per heavy atom. The molecule has 2 heterocycles. The van der Waals surface area contributed by atoms with Crippen molar-refractivity contribution < 1.29 is 9.53 Å². The first-order chi connectivity index (χ1) is 13.3. The Bertz CT molecular complexity index is 617. The average molecular weight is 409 g/mol. The van der Waals surface area contributed by atoms with E-state index < -0.39 is 5.60 Å². The zero-order valence-corrected chi connectivity index (χ0v) is 18.8. The van der Waals surface area contributed by atoms with E-state index in [1.165, 1.54) is 4.88 Å². The van der Waals surface area contributed by atoms with Gasteiger partial charge in [-0.1, -0.05) is 6.07 Å². The summed E-state index contributed by atoms with van der Waals surface area (Å²) in [6.45, 7) is 11.9. The summed E-state index contributed by atoms with van der Waals surface area (Å²) in [7, 11) is 2.10. The molecule has 1 fully saturated rings. The van der Waals surface area contributed by atoms with E-state index in [0.29, 0.717) is 5.92 Å². The minimum atomic E-state index is -0.438. The number of hydrogen-bond acceptors (Lipinski definition) is 4. The summed E-state index contributed by atoms with van der Waals surface area (Å²) in [4.78, 5) is 22.5. The van der Waals surface area contributed by atoms with Gasteiger partial charge in [-0.3, -0.25) is 4.99 Å². The number of likely N-dealkylation sites (N-methyl/N-ethyl adjacent to an activating group) is 1. The number of piperidine rings is 1. The van der Waals surface area contributed by atoms with Gasteiger partial charge in [-0.15, -0.1) is 11.3 Å². The third kappa shape index (κ3) is 7.70. The average Bonchev–Trinajstić information content (AvgIpc) is 3.15. The second kappa shape index (κ2) is 10.7. The number of nitrogens with one attached hydrogen (secondary N) is 1. The molecule has 0 atom stereocenters. The molecule has 158 valence electrons. The Hall–Kier alpha value is -1.76. The van der Waals surface area contributed by atoms with Crippen molar-refractivity contribution in [3.8, 4) is 0 Å². The van der Waals surface area contributed by atoms with Gasteiger partial charge in [0.1, 0.15) is 5.60 Å². The van der Waals surface area contributed by atoms with E-state index >= 15 is 0 Å². The first-order valence-corrected chi connectivity index (χ1v) is 11.2. The number of nitrogens with zero attached hydrogens (tertiary/aromatic N) is 3. The molecule has 0 bridgehead atoms. The molecule has 0 radical (unpaired) electrons. The molecular formula is C21H36N4O2S. The van der Waals surface area contributed by atoms with Crippen LogP contribution in [-0.2, 0) is 11.2 Å². The molecule has 0 aromatic carbocycles. The highest BCUT2D eigenvalue weighted by Crippen LogP contribution is 2.20. The molecule has 1 aromatic heterocycles. The van der Waals surface area contributed by atoms with Crippen molar-refractivity contribution in [3.63, 3.8) is 0 Å². The van der Waals surface area contributed by atoms with Gasteiger partial charge in [-0.05, 0) is 64.3 Å². The van der Waals surface area contributed by atoms with Crippen molar-refractivity contribution >= 4 is 23.4 Å². The monoisotopic (exact) mass is 408 g/mol. The summed E-state index contributed by atoms with van der Waals surface area (Å²) in [5.41, 5.74) is -0.438. The van der Waals surface area contributed by atoms with Crippen LogP contribution < -0.4 is 5.32 Å². The van der Waals surface area contributed by atoms with Crippen LogP contribution in [-0.4, -0.2) is 67.2 Å². The van der Waals surface area contributed by atoms with Crippen LogP contribution in [0.4, 0.5) is 4.79 Å². The topological polar surface area (TPSA) is 57.2 Å². The Morgan fingerprint density at radius 1 is 1.39 bits per heavy atom. The van der Waals surface area contributed by atoms with Crippen LogP contribution in [0.5, 0.6) is 0 Å². The lowest BCUT2D eigenvalue weighted by Gasteiger charge is -2.33. The number of aliphatic imine (C=N–C) groups is 1. The molecule has 1 aliphatic rings. The molecule has 7 heteroatoms. The zero-order chi connectivity index (χ0) is 20.6. The molecule has 6 nitrogen and oxygen atoms in total. The van der Waals surface area contributed by atoms with Crippen molar-refractivity contribution in [2.75, 3.05) is 39.8 Å². The van der Waals surface area contributed by atoms with Crippen LogP contribution in [0, 0.1) is 5.92 Å². The molecule has 0 spiro atoms. The molecule has 1 aliphatic heterocycles. The molecule has 0 unspecified atom stereocenters. The lowest BCUT2D eigenvalue weighted by Crippen LogP contribution is -2.43. The van der Waals surface area contributed by atoms with Gasteiger partial charge < -0.3 is 19.9 Å². The van der Waals surface area contributed by atoms with Gasteiger partial charge in [0.25, 0.3) is 0 Å². The first kappa shape index (κ1) is 22.5. The Balaban J connectivity index is 1.80.